The summed E-state index contributed by atoms with van der Waals surface area (Å²) in [5, 5.41) is 0. The van der Waals surface area contributed by atoms with Crippen molar-refractivity contribution >= 4 is 0 Å². The van der Waals surface area contributed by atoms with E-state index in [1.54, 1.807) is 0 Å². The third-order valence-electron chi connectivity index (χ3n) is 3.56. The lowest BCUT2D eigenvalue weighted by molar-refractivity contribution is 0.625. The number of rotatable bonds is 5. The average molecular weight is 242 g/mol. The van der Waals surface area contributed by atoms with Crippen molar-refractivity contribution < 1.29 is 0 Å². The highest BCUT2D eigenvalue weighted by atomic mass is 14.4. The third-order valence-corrected chi connectivity index (χ3v) is 3.56. The van der Waals surface area contributed by atoms with Crippen LogP contribution in [0.5, 0.6) is 0 Å². The summed E-state index contributed by atoms with van der Waals surface area (Å²) >= 11 is 0. The number of aryl methyl sites for hydroxylation is 1. The minimum atomic E-state index is 0.591. The van der Waals surface area contributed by atoms with Gasteiger partial charge in [0.15, 0.2) is 0 Å². The van der Waals surface area contributed by atoms with Gasteiger partial charge in [-0.3, -0.25) is 0 Å². The van der Waals surface area contributed by atoms with Crippen LogP contribution in [0.15, 0.2) is 55.1 Å². The van der Waals surface area contributed by atoms with Crippen molar-refractivity contribution in [2.75, 3.05) is 0 Å². The summed E-state index contributed by atoms with van der Waals surface area (Å²) in [5.74, 6) is 0. The smallest absolute Gasteiger partial charge is 0.0117 e. The van der Waals surface area contributed by atoms with Crippen LogP contribution in [0.1, 0.15) is 45.1 Å². The highest BCUT2D eigenvalue weighted by Gasteiger charge is 2.37. The number of hydrogen-bond acceptors (Lipinski definition) is 0. The zero-order valence-electron chi connectivity index (χ0n) is 11.9. The van der Waals surface area contributed by atoms with Gasteiger partial charge in [0.1, 0.15) is 0 Å². The zero-order chi connectivity index (χ0) is 13.3. The summed E-state index contributed by atoms with van der Waals surface area (Å²) in [6, 6.07) is 10.6. The molecule has 1 aromatic carbocycles. The maximum atomic E-state index is 3.64. The first kappa shape index (κ1) is 14.8. The van der Waals surface area contributed by atoms with E-state index in [1.807, 2.05) is 6.08 Å². The molecular formula is C18H26. The van der Waals surface area contributed by atoms with Crippen LogP contribution in [0.4, 0.5) is 0 Å². The van der Waals surface area contributed by atoms with E-state index < -0.39 is 0 Å². The molecule has 0 aliphatic heterocycles. The fraction of sp³-hybridized carbons (Fsp3) is 0.444. The molecule has 0 N–H and O–H groups in total. The Bertz CT molecular complexity index is 355. The van der Waals surface area contributed by atoms with Gasteiger partial charge in [-0.25, -0.2) is 0 Å². The Kier molecular flexibility index (Phi) is 6.49. The average Bonchev–Trinajstić information content (AvgIpc) is 3.19. The molecule has 18 heavy (non-hydrogen) atoms. The molecule has 0 atom stereocenters. The van der Waals surface area contributed by atoms with Crippen molar-refractivity contribution in [3.8, 4) is 0 Å². The molecule has 0 saturated heterocycles. The third kappa shape index (κ3) is 5.35. The van der Waals surface area contributed by atoms with E-state index in [0.717, 1.165) is 0 Å². The second kappa shape index (κ2) is 7.92. The quantitative estimate of drug-likeness (QED) is 0.593. The van der Waals surface area contributed by atoms with Gasteiger partial charge in [0.25, 0.3) is 0 Å². The van der Waals surface area contributed by atoms with Crippen molar-refractivity contribution in [1.82, 2.24) is 0 Å². The molecule has 1 aliphatic rings. The van der Waals surface area contributed by atoms with Gasteiger partial charge in [-0.15, -0.1) is 0 Å². The fourth-order valence-corrected chi connectivity index (χ4v) is 2.00. The summed E-state index contributed by atoms with van der Waals surface area (Å²) < 4.78 is 0. The molecule has 0 spiro atoms. The molecule has 0 heteroatoms. The molecule has 0 nitrogen and oxygen atoms in total. The highest BCUT2D eigenvalue weighted by Crippen LogP contribution is 2.49. The lowest BCUT2D eigenvalue weighted by atomic mass is 10.0. The van der Waals surface area contributed by atoms with E-state index in [1.165, 1.54) is 37.7 Å². The normalized spacial score (nSPS) is 15.9. The molecule has 0 aromatic heterocycles. The summed E-state index contributed by atoms with van der Waals surface area (Å²) in [7, 11) is 0. The molecule has 1 aromatic rings. The lowest BCUT2D eigenvalue weighted by Crippen LogP contribution is -1.89. The van der Waals surface area contributed by atoms with Crippen LogP contribution in [0, 0.1) is 5.41 Å². The standard InChI is InChI=1S/C9H14.C9H12/c1-3-5-6-9(4-2)7-8-9;1-2-6-9-7-4-3-5-8-9/h3,5-6H,1,4,7-8H2,2H3;3-5,7-8H,2,6H2,1H3/b6-5-;. The number of benzene rings is 1. The topological polar surface area (TPSA) is 0 Å². The van der Waals surface area contributed by atoms with Crippen LogP contribution in [-0.2, 0) is 6.42 Å². The molecule has 1 saturated carbocycles. The van der Waals surface area contributed by atoms with Gasteiger partial charge in [-0.1, -0.05) is 75.4 Å². The second-order valence-electron chi connectivity index (χ2n) is 5.05. The molecule has 2 rings (SSSR count). The van der Waals surface area contributed by atoms with E-state index in [9.17, 15) is 0 Å². The molecule has 0 heterocycles. The van der Waals surface area contributed by atoms with Gasteiger partial charge >= 0.3 is 0 Å². The first-order chi connectivity index (χ1) is 8.76. The van der Waals surface area contributed by atoms with Crippen LogP contribution in [0.3, 0.4) is 0 Å². The Hall–Kier alpha value is -1.30. The van der Waals surface area contributed by atoms with Crippen molar-refractivity contribution in [2.45, 2.75) is 46.0 Å². The van der Waals surface area contributed by atoms with Crippen molar-refractivity contribution in [2.24, 2.45) is 5.41 Å². The van der Waals surface area contributed by atoms with Gasteiger partial charge < -0.3 is 0 Å². The Labute approximate surface area is 112 Å². The van der Waals surface area contributed by atoms with Gasteiger partial charge in [0.05, 0.1) is 0 Å². The lowest BCUT2D eigenvalue weighted by Gasteiger charge is -2.01. The van der Waals surface area contributed by atoms with E-state index in [4.69, 9.17) is 0 Å². The van der Waals surface area contributed by atoms with E-state index >= 15 is 0 Å². The maximum Gasteiger partial charge on any atom is -0.0117 e. The molecule has 0 amide bonds. The summed E-state index contributed by atoms with van der Waals surface area (Å²) in [4.78, 5) is 0. The molecule has 1 aliphatic carbocycles. The zero-order valence-corrected chi connectivity index (χ0v) is 11.9. The minimum absolute atomic E-state index is 0.591. The molecule has 1 fully saturated rings. The van der Waals surface area contributed by atoms with Gasteiger partial charge in [-0.2, -0.15) is 0 Å². The monoisotopic (exact) mass is 242 g/mol. The van der Waals surface area contributed by atoms with Crippen LogP contribution >= 0.6 is 0 Å². The first-order valence-electron chi connectivity index (χ1n) is 7.10. The molecular weight excluding hydrogens is 216 g/mol. The van der Waals surface area contributed by atoms with Crippen LogP contribution in [0.25, 0.3) is 0 Å². The molecule has 0 unspecified atom stereocenters. The summed E-state index contributed by atoms with van der Waals surface area (Å²) in [6.07, 6.45) is 12.7. The van der Waals surface area contributed by atoms with Gasteiger partial charge in [-0.05, 0) is 36.7 Å². The largest absolute Gasteiger partial charge is 0.0991 e. The Morgan fingerprint density at radius 3 is 2.28 bits per heavy atom. The Morgan fingerprint density at radius 1 is 1.17 bits per heavy atom. The predicted molar refractivity (Wildman–Crippen MR) is 81.7 cm³/mol. The Balaban J connectivity index is 0.000000180. The van der Waals surface area contributed by atoms with Gasteiger partial charge in [0.2, 0.25) is 0 Å². The maximum absolute atomic E-state index is 3.64. The summed E-state index contributed by atoms with van der Waals surface area (Å²) in [6.45, 7) is 8.09. The highest BCUT2D eigenvalue weighted by molar-refractivity contribution is 5.14. The van der Waals surface area contributed by atoms with Crippen LogP contribution < -0.4 is 0 Å². The minimum Gasteiger partial charge on any atom is -0.0991 e. The molecule has 0 radical (unpaired) electrons. The first-order valence-corrected chi connectivity index (χ1v) is 7.10. The molecule has 0 bridgehead atoms. The number of hydrogen-bond donors (Lipinski definition) is 0. The van der Waals surface area contributed by atoms with Crippen LogP contribution in [0.2, 0.25) is 0 Å². The van der Waals surface area contributed by atoms with E-state index in [0.29, 0.717) is 5.41 Å². The number of allylic oxidation sites excluding steroid dienone is 3. The van der Waals surface area contributed by atoms with E-state index in [-0.39, 0.29) is 0 Å². The molecule has 98 valence electrons. The second-order valence-corrected chi connectivity index (χ2v) is 5.05. The predicted octanol–water partition coefficient (Wildman–Crippen LogP) is 5.56. The van der Waals surface area contributed by atoms with Crippen molar-refractivity contribution in [1.29, 1.82) is 0 Å². The Morgan fingerprint density at radius 2 is 1.83 bits per heavy atom. The van der Waals surface area contributed by atoms with E-state index in [2.05, 4.69) is 62.9 Å². The summed E-state index contributed by atoms with van der Waals surface area (Å²) in [5.41, 5.74) is 2.04. The fourth-order valence-electron chi connectivity index (χ4n) is 2.00. The SMILES string of the molecule is C=C/C=C\C1(CC)CC1.CCCc1ccccc1. The van der Waals surface area contributed by atoms with Gasteiger partial charge in [0, 0.05) is 0 Å². The van der Waals surface area contributed by atoms with Crippen molar-refractivity contribution in [3.63, 3.8) is 0 Å². The van der Waals surface area contributed by atoms with Crippen molar-refractivity contribution in [3.05, 3.63) is 60.7 Å². The van der Waals surface area contributed by atoms with Crippen LogP contribution in [-0.4, -0.2) is 0 Å².